The zero-order chi connectivity index (χ0) is 13.9. The fourth-order valence-corrected chi connectivity index (χ4v) is 4.07. The molecule has 0 aromatic heterocycles. The van der Waals surface area contributed by atoms with Crippen molar-refractivity contribution >= 4 is 10.0 Å². The van der Waals surface area contributed by atoms with Crippen LogP contribution in [0.1, 0.15) is 32.1 Å². The SMILES string of the molecule is CS(=O)(=O)N1CCCC(CC(NN)C2CCCO2)C1. The fourth-order valence-electron chi connectivity index (χ4n) is 3.13. The molecular formula is C12H25N3O3S. The number of piperidine rings is 1. The second-order valence-corrected chi connectivity index (χ2v) is 7.67. The van der Waals surface area contributed by atoms with E-state index in [1.165, 1.54) is 6.26 Å². The predicted octanol–water partition coefficient (Wildman–Crippen LogP) is 0.0590. The van der Waals surface area contributed by atoms with Gasteiger partial charge in [0.2, 0.25) is 10.0 Å². The second kappa shape index (κ2) is 6.49. The number of hydrazine groups is 1. The number of nitrogens with two attached hydrogens (primary N) is 1. The Kier molecular flexibility index (Phi) is 5.19. The highest BCUT2D eigenvalue weighted by molar-refractivity contribution is 7.88. The highest BCUT2D eigenvalue weighted by Crippen LogP contribution is 2.26. The van der Waals surface area contributed by atoms with Gasteiger partial charge in [0.1, 0.15) is 0 Å². The third-order valence-corrected chi connectivity index (χ3v) is 5.44. The van der Waals surface area contributed by atoms with Crippen LogP contribution in [0.3, 0.4) is 0 Å². The Morgan fingerprint density at radius 2 is 2.21 bits per heavy atom. The average molecular weight is 291 g/mol. The summed E-state index contributed by atoms with van der Waals surface area (Å²) in [6, 6.07) is 0.131. The highest BCUT2D eigenvalue weighted by Gasteiger charge is 2.31. The summed E-state index contributed by atoms with van der Waals surface area (Å²) in [5.74, 6) is 6.00. The molecule has 3 N–H and O–H groups in total. The van der Waals surface area contributed by atoms with E-state index in [4.69, 9.17) is 10.6 Å². The van der Waals surface area contributed by atoms with Crippen LogP contribution < -0.4 is 11.3 Å². The van der Waals surface area contributed by atoms with Gasteiger partial charge in [0.15, 0.2) is 0 Å². The molecule has 19 heavy (non-hydrogen) atoms. The zero-order valence-corrected chi connectivity index (χ0v) is 12.4. The molecule has 0 aromatic rings. The molecule has 0 spiro atoms. The second-order valence-electron chi connectivity index (χ2n) is 5.69. The molecule has 0 radical (unpaired) electrons. The van der Waals surface area contributed by atoms with Crippen LogP contribution in [-0.2, 0) is 14.8 Å². The molecule has 2 aliphatic heterocycles. The minimum absolute atomic E-state index is 0.131. The Hall–Kier alpha value is -0.210. The van der Waals surface area contributed by atoms with Gasteiger partial charge in [0.25, 0.3) is 0 Å². The predicted molar refractivity (Wildman–Crippen MR) is 73.8 cm³/mol. The first kappa shape index (κ1) is 15.2. The van der Waals surface area contributed by atoms with E-state index in [1.807, 2.05) is 0 Å². The number of nitrogens with zero attached hydrogens (tertiary/aromatic N) is 1. The highest BCUT2D eigenvalue weighted by atomic mass is 32.2. The Balaban J connectivity index is 1.90. The van der Waals surface area contributed by atoms with Crippen molar-refractivity contribution in [1.29, 1.82) is 0 Å². The van der Waals surface area contributed by atoms with Gasteiger partial charge in [-0.25, -0.2) is 12.7 Å². The molecule has 0 amide bonds. The van der Waals surface area contributed by atoms with E-state index in [0.29, 0.717) is 19.0 Å². The van der Waals surface area contributed by atoms with Crippen molar-refractivity contribution in [3.63, 3.8) is 0 Å². The van der Waals surface area contributed by atoms with Gasteiger partial charge in [-0.1, -0.05) is 0 Å². The van der Waals surface area contributed by atoms with Crippen molar-refractivity contribution in [1.82, 2.24) is 9.73 Å². The van der Waals surface area contributed by atoms with Crippen LogP contribution in [0, 0.1) is 5.92 Å². The summed E-state index contributed by atoms with van der Waals surface area (Å²) in [5.41, 5.74) is 2.85. The molecular weight excluding hydrogens is 266 g/mol. The molecule has 0 bridgehead atoms. The molecule has 7 heteroatoms. The van der Waals surface area contributed by atoms with Crippen LogP contribution >= 0.6 is 0 Å². The van der Waals surface area contributed by atoms with Gasteiger partial charge in [-0.15, -0.1) is 0 Å². The van der Waals surface area contributed by atoms with Crippen LogP contribution in [0.25, 0.3) is 0 Å². The normalized spacial score (nSPS) is 31.5. The molecule has 0 saturated carbocycles. The van der Waals surface area contributed by atoms with E-state index in [2.05, 4.69) is 5.43 Å². The molecule has 2 saturated heterocycles. The molecule has 6 nitrogen and oxygen atoms in total. The summed E-state index contributed by atoms with van der Waals surface area (Å²) in [6.07, 6.45) is 6.47. The average Bonchev–Trinajstić information content (AvgIpc) is 2.89. The lowest BCUT2D eigenvalue weighted by Gasteiger charge is -2.34. The first-order valence-electron chi connectivity index (χ1n) is 7.03. The van der Waals surface area contributed by atoms with Crippen molar-refractivity contribution in [2.75, 3.05) is 26.0 Å². The third-order valence-electron chi connectivity index (χ3n) is 4.17. The Morgan fingerprint density at radius 3 is 2.79 bits per heavy atom. The summed E-state index contributed by atoms with van der Waals surface area (Å²) in [7, 11) is -3.07. The van der Waals surface area contributed by atoms with Crippen LogP contribution in [0.5, 0.6) is 0 Å². The lowest BCUT2D eigenvalue weighted by Crippen LogP contribution is -2.47. The summed E-state index contributed by atoms with van der Waals surface area (Å²) in [6.45, 7) is 2.07. The van der Waals surface area contributed by atoms with E-state index >= 15 is 0 Å². The third kappa shape index (κ3) is 4.13. The largest absolute Gasteiger partial charge is 0.377 e. The topological polar surface area (TPSA) is 84.7 Å². The van der Waals surface area contributed by atoms with Gasteiger partial charge in [-0.2, -0.15) is 0 Å². The Labute approximate surface area is 115 Å². The maximum atomic E-state index is 11.6. The van der Waals surface area contributed by atoms with E-state index in [1.54, 1.807) is 4.31 Å². The first-order valence-corrected chi connectivity index (χ1v) is 8.88. The number of rotatable bonds is 5. The monoisotopic (exact) mass is 291 g/mol. The molecule has 112 valence electrons. The maximum absolute atomic E-state index is 11.6. The van der Waals surface area contributed by atoms with Crippen LogP contribution in [0.2, 0.25) is 0 Å². The first-order chi connectivity index (χ1) is 9.00. The van der Waals surface area contributed by atoms with Crippen molar-refractivity contribution in [2.45, 2.75) is 44.2 Å². The smallest absolute Gasteiger partial charge is 0.211 e. The molecule has 2 heterocycles. The minimum atomic E-state index is -3.07. The van der Waals surface area contributed by atoms with Crippen LogP contribution in [0.4, 0.5) is 0 Å². The molecule has 0 aromatic carbocycles. The van der Waals surface area contributed by atoms with E-state index in [0.717, 1.165) is 38.7 Å². The van der Waals surface area contributed by atoms with Crippen LogP contribution in [-0.4, -0.2) is 50.8 Å². The number of ether oxygens (including phenoxy) is 1. The molecule has 3 unspecified atom stereocenters. The van der Waals surface area contributed by atoms with Gasteiger partial charge >= 0.3 is 0 Å². The van der Waals surface area contributed by atoms with Crippen molar-refractivity contribution < 1.29 is 13.2 Å². The standard InChI is InChI=1S/C12H25N3O3S/c1-19(16,17)15-6-2-4-10(9-15)8-11(14-13)12-5-3-7-18-12/h10-12,14H,2-9,13H2,1H3. The summed E-state index contributed by atoms with van der Waals surface area (Å²) in [4.78, 5) is 0. The molecule has 2 fully saturated rings. The molecule has 3 atom stereocenters. The molecule has 2 aliphatic rings. The summed E-state index contributed by atoms with van der Waals surface area (Å²) >= 11 is 0. The van der Waals surface area contributed by atoms with Gasteiger partial charge in [-0.05, 0) is 38.0 Å². The Bertz CT molecular complexity index is 382. The van der Waals surface area contributed by atoms with Crippen molar-refractivity contribution in [2.24, 2.45) is 11.8 Å². The number of sulfonamides is 1. The van der Waals surface area contributed by atoms with Crippen molar-refractivity contribution in [3.8, 4) is 0 Å². The Morgan fingerprint density at radius 1 is 1.42 bits per heavy atom. The van der Waals surface area contributed by atoms with Gasteiger partial charge in [-0.3, -0.25) is 11.3 Å². The number of nitrogens with one attached hydrogen (secondary N) is 1. The summed E-state index contributed by atoms with van der Waals surface area (Å²) in [5, 5.41) is 0. The quantitative estimate of drug-likeness (QED) is 0.553. The van der Waals surface area contributed by atoms with E-state index in [-0.39, 0.29) is 12.1 Å². The van der Waals surface area contributed by atoms with E-state index < -0.39 is 10.0 Å². The maximum Gasteiger partial charge on any atom is 0.211 e. The lowest BCUT2D eigenvalue weighted by atomic mass is 9.90. The summed E-state index contributed by atoms with van der Waals surface area (Å²) < 4.78 is 30.5. The fraction of sp³-hybridized carbons (Fsp3) is 1.00. The van der Waals surface area contributed by atoms with Gasteiger partial charge < -0.3 is 4.74 Å². The van der Waals surface area contributed by atoms with E-state index in [9.17, 15) is 8.42 Å². The molecule has 2 rings (SSSR count). The zero-order valence-electron chi connectivity index (χ0n) is 11.5. The van der Waals surface area contributed by atoms with Gasteiger partial charge in [0.05, 0.1) is 12.4 Å². The minimum Gasteiger partial charge on any atom is -0.377 e. The number of hydrogen-bond acceptors (Lipinski definition) is 5. The molecule has 0 aliphatic carbocycles. The number of hydrogen-bond donors (Lipinski definition) is 2. The van der Waals surface area contributed by atoms with Gasteiger partial charge in [0, 0.05) is 25.7 Å². The van der Waals surface area contributed by atoms with Crippen LogP contribution in [0.15, 0.2) is 0 Å². The lowest BCUT2D eigenvalue weighted by molar-refractivity contribution is 0.0657. The van der Waals surface area contributed by atoms with Crippen molar-refractivity contribution in [3.05, 3.63) is 0 Å².